The number of halogens is 1. The Morgan fingerprint density at radius 2 is 1.89 bits per heavy atom. The third-order valence-corrected chi connectivity index (χ3v) is 3.18. The molecule has 0 aliphatic heterocycles. The highest BCUT2D eigenvalue weighted by Gasteiger charge is 2.10. The van der Waals surface area contributed by atoms with Crippen molar-refractivity contribution in [3.05, 3.63) is 57.6 Å². The number of rotatable bonds is 2. The van der Waals surface area contributed by atoms with Gasteiger partial charge in [-0.05, 0) is 59.1 Å². The van der Waals surface area contributed by atoms with E-state index in [1.807, 2.05) is 32.0 Å². The van der Waals surface area contributed by atoms with Crippen molar-refractivity contribution in [3.63, 3.8) is 0 Å². The Morgan fingerprint density at radius 3 is 2.56 bits per heavy atom. The van der Waals surface area contributed by atoms with E-state index < -0.39 is 0 Å². The van der Waals surface area contributed by atoms with Crippen molar-refractivity contribution in [1.82, 2.24) is 0 Å². The molecule has 0 bridgehead atoms. The van der Waals surface area contributed by atoms with Gasteiger partial charge in [0.15, 0.2) is 0 Å². The molecule has 0 aliphatic rings. The van der Waals surface area contributed by atoms with Crippen molar-refractivity contribution in [2.24, 2.45) is 0 Å². The summed E-state index contributed by atoms with van der Waals surface area (Å²) in [6.45, 7) is 4.02. The molecule has 0 saturated carbocycles. The smallest absolute Gasteiger partial charge is 0.145 e. The van der Waals surface area contributed by atoms with Gasteiger partial charge in [-0.3, -0.25) is 0 Å². The third-order valence-electron chi connectivity index (χ3n) is 2.59. The van der Waals surface area contributed by atoms with Gasteiger partial charge >= 0.3 is 0 Å². The summed E-state index contributed by atoms with van der Waals surface area (Å²) in [5, 5.41) is 9.04. The zero-order chi connectivity index (χ0) is 13.1. The van der Waals surface area contributed by atoms with Gasteiger partial charge in [-0.1, -0.05) is 18.2 Å². The quantitative estimate of drug-likeness (QED) is 0.803. The molecule has 2 rings (SSSR count). The molecular weight excluding hydrogens is 290 g/mol. The standard InChI is InChI=1S/C15H12BrNO/c1-10-7-11(2)15(13(16)8-10)18-14-6-4-3-5-12(14)9-17/h3-8H,1-2H3. The molecule has 0 spiro atoms. The molecule has 0 atom stereocenters. The number of hydrogen-bond donors (Lipinski definition) is 0. The predicted molar refractivity (Wildman–Crippen MR) is 74.8 cm³/mol. The fourth-order valence-corrected chi connectivity index (χ4v) is 2.54. The van der Waals surface area contributed by atoms with Gasteiger partial charge in [0.1, 0.15) is 17.6 Å². The zero-order valence-electron chi connectivity index (χ0n) is 10.2. The van der Waals surface area contributed by atoms with Gasteiger partial charge in [0, 0.05) is 0 Å². The highest BCUT2D eigenvalue weighted by Crippen LogP contribution is 2.35. The Kier molecular flexibility index (Phi) is 3.69. The Bertz CT molecular complexity index is 606. The van der Waals surface area contributed by atoms with Crippen molar-refractivity contribution >= 4 is 15.9 Å². The van der Waals surface area contributed by atoms with E-state index in [1.165, 1.54) is 5.56 Å². The second kappa shape index (κ2) is 5.24. The second-order valence-electron chi connectivity index (χ2n) is 4.10. The van der Waals surface area contributed by atoms with Gasteiger partial charge in [-0.25, -0.2) is 0 Å². The molecule has 0 aliphatic carbocycles. The summed E-state index contributed by atoms with van der Waals surface area (Å²) in [7, 11) is 0. The van der Waals surface area contributed by atoms with Crippen LogP contribution in [-0.4, -0.2) is 0 Å². The lowest BCUT2D eigenvalue weighted by Crippen LogP contribution is -1.92. The Morgan fingerprint density at radius 1 is 1.17 bits per heavy atom. The molecular formula is C15H12BrNO. The summed E-state index contributed by atoms with van der Waals surface area (Å²) in [5.74, 6) is 1.33. The SMILES string of the molecule is Cc1cc(C)c(Oc2ccccc2C#N)c(Br)c1. The van der Waals surface area contributed by atoms with E-state index in [4.69, 9.17) is 10.00 Å². The molecule has 0 unspecified atom stereocenters. The molecule has 0 aromatic heterocycles. The number of para-hydroxylation sites is 1. The monoisotopic (exact) mass is 301 g/mol. The van der Waals surface area contributed by atoms with Crippen LogP contribution in [0.2, 0.25) is 0 Å². The highest BCUT2D eigenvalue weighted by atomic mass is 79.9. The first kappa shape index (κ1) is 12.7. The summed E-state index contributed by atoms with van der Waals surface area (Å²) in [6, 6.07) is 13.4. The second-order valence-corrected chi connectivity index (χ2v) is 4.96. The summed E-state index contributed by atoms with van der Waals surface area (Å²) < 4.78 is 6.74. The molecule has 0 saturated heterocycles. The molecule has 0 amide bonds. The topological polar surface area (TPSA) is 33.0 Å². The first-order chi connectivity index (χ1) is 8.61. The van der Waals surface area contributed by atoms with Crippen LogP contribution in [0, 0.1) is 25.2 Å². The Balaban J connectivity index is 2.44. The number of benzene rings is 2. The maximum absolute atomic E-state index is 9.04. The lowest BCUT2D eigenvalue weighted by Gasteiger charge is -2.12. The number of nitriles is 1. The average Bonchev–Trinajstić information content (AvgIpc) is 2.34. The maximum Gasteiger partial charge on any atom is 0.145 e. The molecule has 90 valence electrons. The van der Waals surface area contributed by atoms with Gasteiger partial charge < -0.3 is 4.74 Å². The molecule has 0 radical (unpaired) electrons. The van der Waals surface area contributed by atoms with E-state index in [1.54, 1.807) is 12.1 Å². The number of hydrogen-bond acceptors (Lipinski definition) is 2. The minimum atomic E-state index is 0.532. The van der Waals surface area contributed by atoms with Crippen LogP contribution in [0.5, 0.6) is 11.5 Å². The van der Waals surface area contributed by atoms with Crippen LogP contribution >= 0.6 is 15.9 Å². The fraction of sp³-hybridized carbons (Fsp3) is 0.133. The lowest BCUT2D eigenvalue weighted by atomic mass is 10.1. The van der Waals surface area contributed by atoms with E-state index in [0.717, 1.165) is 15.8 Å². The Labute approximate surface area is 115 Å². The van der Waals surface area contributed by atoms with Crippen LogP contribution in [0.3, 0.4) is 0 Å². The molecule has 0 heterocycles. The van der Waals surface area contributed by atoms with Gasteiger partial charge in [0.25, 0.3) is 0 Å². The Hall–Kier alpha value is -1.79. The molecule has 18 heavy (non-hydrogen) atoms. The van der Waals surface area contributed by atoms with Crippen molar-refractivity contribution in [1.29, 1.82) is 5.26 Å². The van der Waals surface area contributed by atoms with Gasteiger partial charge in [0.2, 0.25) is 0 Å². The van der Waals surface area contributed by atoms with Crippen molar-refractivity contribution in [2.45, 2.75) is 13.8 Å². The number of ether oxygens (including phenoxy) is 1. The number of aryl methyl sites for hydroxylation is 2. The largest absolute Gasteiger partial charge is 0.455 e. The van der Waals surface area contributed by atoms with Crippen LogP contribution in [0.1, 0.15) is 16.7 Å². The molecule has 0 fully saturated rings. The van der Waals surface area contributed by atoms with E-state index in [2.05, 4.69) is 28.1 Å². The predicted octanol–water partition coefficient (Wildman–Crippen LogP) is 4.73. The zero-order valence-corrected chi connectivity index (χ0v) is 11.8. The van der Waals surface area contributed by atoms with E-state index >= 15 is 0 Å². The fourth-order valence-electron chi connectivity index (χ4n) is 1.79. The van der Waals surface area contributed by atoms with Gasteiger partial charge in [-0.2, -0.15) is 5.26 Å². The van der Waals surface area contributed by atoms with Gasteiger partial charge in [-0.15, -0.1) is 0 Å². The first-order valence-electron chi connectivity index (χ1n) is 5.55. The van der Waals surface area contributed by atoms with Crippen molar-refractivity contribution in [2.75, 3.05) is 0 Å². The van der Waals surface area contributed by atoms with Crippen LogP contribution in [0.25, 0.3) is 0 Å². The summed E-state index contributed by atoms with van der Waals surface area (Å²) in [6.07, 6.45) is 0. The first-order valence-corrected chi connectivity index (χ1v) is 6.35. The third kappa shape index (κ3) is 2.55. The minimum absolute atomic E-state index is 0.532. The summed E-state index contributed by atoms with van der Waals surface area (Å²) >= 11 is 3.49. The summed E-state index contributed by atoms with van der Waals surface area (Å²) in [4.78, 5) is 0. The van der Waals surface area contributed by atoms with Crippen LogP contribution in [0.15, 0.2) is 40.9 Å². The van der Waals surface area contributed by atoms with Crippen LogP contribution in [-0.2, 0) is 0 Å². The highest BCUT2D eigenvalue weighted by molar-refractivity contribution is 9.10. The molecule has 2 aromatic rings. The normalized spacial score (nSPS) is 9.89. The van der Waals surface area contributed by atoms with Crippen LogP contribution < -0.4 is 4.74 Å². The van der Waals surface area contributed by atoms with Gasteiger partial charge in [0.05, 0.1) is 10.0 Å². The maximum atomic E-state index is 9.04. The van der Waals surface area contributed by atoms with Crippen molar-refractivity contribution in [3.8, 4) is 17.6 Å². The van der Waals surface area contributed by atoms with Crippen molar-refractivity contribution < 1.29 is 4.74 Å². The van der Waals surface area contributed by atoms with E-state index in [-0.39, 0.29) is 0 Å². The summed E-state index contributed by atoms with van der Waals surface area (Å²) in [5.41, 5.74) is 2.74. The van der Waals surface area contributed by atoms with E-state index in [9.17, 15) is 0 Å². The molecule has 0 N–H and O–H groups in total. The molecule has 2 nitrogen and oxygen atoms in total. The minimum Gasteiger partial charge on any atom is -0.455 e. The average molecular weight is 302 g/mol. The molecule has 2 aromatic carbocycles. The lowest BCUT2D eigenvalue weighted by molar-refractivity contribution is 0.474. The van der Waals surface area contributed by atoms with Crippen LogP contribution in [0.4, 0.5) is 0 Å². The number of nitrogens with zero attached hydrogens (tertiary/aromatic N) is 1. The van der Waals surface area contributed by atoms with E-state index in [0.29, 0.717) is 11.3 Å². The molecule has 3 heteroatoms.